The Balaban J connectivity index is 2.32. The number of amides is 1. The van der Waals surface area contributed by atoms with Crippen LogP contribution in [-0.2, 0) is 11.3 Å². The zero-order chi connectivity index (χ0) is 15.0. The Morgan fingerprint density at radius 2 is 2.10 bits per heavy atom. The van der Waals surface area contributed by atoms with Crippen LogP contribution in [0.3, 0.4) is 0 Å². The Bertz CT molecular complexity index is 441. The van der Waals surface area contributed by atoms with Crippen LogP contribution < -0.4 is 5.32 Å². The highest BCUT2D eigenvalue weighted by Gasteiger charge is 2.09. The van der Waals surface area contributed by atoms with Crippen molar-refractivity contribution in [2.45, 2.75) is 26.8 Å². The summed E-state index contributed by atoms with van der Waals surface area (Å²) in [5, 5.41) is 15.3. The molecule has 0 aromatic carbocycles. The molecule has 0 unspecified atom stereocenters. The summed E-state index contributed by atoms with van der Waals surface area (Å²) < 4.78 is 1.23. The Kier molecular flexibility index (Phi) is 6.72. The van der Waals surface area contributed by atoms with Gasteiger partial charge in [0.1, 0.15) is 6.54 Å². The van der Waals surface area contributed by atoms with Gasteiger partial charge in [0.15, 0.2) is 0 Å². The summed E-state index contributed by atoms with van der Waals surface area (Å²) >= 11 is 0. The summed E-state index contributed by atoms with van der Waals surface area (Å²) in [7, 11) is 0. The van der Waals surface area contributed by atoms with Crippen LogP contribution in [-0.4, -0.2) is 57.8 Å². The first kappa shape index (κ1) is 16.2. The second kappa shape index (κ2) is 8.31. The first-order valence-corrected chi connectivity index (χ1v) is 6.81. The molecule has 0 aliphatic rings. The highest BCUT2D eigenvalue weighted by Crippen LogP contribution is 1.98. The van der Waals surface area contributed by atoms with Gasteiger partial charge in [0.05, 0.1) is 11.8 Å². The maximum absolute atomic E-state index is 11.8. The van der Waals surface area contributed by atoms with Crippen LogP contribution in [0.2, 0.25) is 0 Å². The number of carboxylic acids is 1. The van der Waals surface area contributed by atoms with E-state index >= 15 is 0 Å². The minimum atomic E-state index is -0.987. The van der Waals surface area contributed by atoms with Crippen molar-refractivity contribution in [2.75, 3.05) is 26.2 Å². The lowest BCUT2D eigenvalue weighted by Crippen LogP contribution is -2.29. The van der Waals surface area contributed by atoms with E-state index in [0.29, 0.717) is 12.1 Å². The number of aliphatic carboxylic acids is 1. The standard InChI is InChI=1S/C13H22N4O3/c1-3-16(4-2)7-5-6-14-13(20)11-8-15-17(9-11)10-12(18)19/h8-9H,3-7,10H2,1-2H3,(H,14,20)(H,18,19). The third kappa shape index (κ3) is 5.40. The van der Waals surface area contributed by atoms with E-state index in [-0.39, 0.29) is 12.5 Å². The van der Waals surface area contributed by atoms with E-state index in [4.69, 9.17) is 5.11 Å². The normalized spacial score (nSPS) is 10.8. The molecular formula is C13H22N4O3. The van der Waals surface area contributed by atoms with Gasteiger partial charge < -0.3 is 15.3 Å². The summed E-state index contributed by atoms with van der Waals surface area (Å²) in [6.45, 7) is 7.54. The van der Waals surface area contributed by atoms with Crippen LogP contribution in [0.5, 0.6) is 0 Å². The lowest BCUT2D eigenvalue weighted by Gasteiger charge is -2.17. The van der Waals surface area contributed by atoms with Crippen molar-refractivity contribution in [2.24, 2.45) is 0 Å². The highest BCUT2D eigenvalue weighted by molar-refractivity contribution is 5.93. The lowest BCUT2D eigenvalue weighted by atomic mass is 10.3. The second-order valence-corrected chi connectivity index (χ2v) is 4.46. The van der Waals surface area contributed by atoms with E-state index in [9.17, 15) is 9.59 Å². The van der Waals surface area contributed by atoms with E-state index in [2.05, 4.69) is 29.2 Å². The molecule has 0 bridgehead atoms. The first-order chi connectivity index (χ1) is 9.56. The largest absolute Gasteiger partial charge is 0.480 e. The fraction of sp³-hybridized carbons (Fsp3) is 0.615. The Labute approximate surface area is 118 Å². The zero-order valence-corrected chi connectivity index (χ0v) is 12.0. The minimum absolute atomic E-state index is 0.221. The quantitative estimate of drug-likeness (QED) is 0.641. The maximum Gasteiger partial charge on any atom is 0.325 e. The van der Waals surface area contributed by atoms with Gasteiger partial charge in [-0.1, -0.05) is 13.8 Å². The van der Waals surface area contributed by atoms with Crippen molar-refractivity contribution in [1.29, 1.82) is 0 Å². The molecule has 1 heterocycles. The molecule has 2 N–H and O–H groups in total. The predicted octanol–water partition coefficient (Wildman–Crippen LogP) is 0.429. The van der Waals surface area contributed by atoms with Crippen LogP contribution >= 0.6 is 0 Å². The van der Waals surface area contributed by atoms with E-state index in [1.807, 2.05) is 0 Å². The van der Waals surface area contributed by atoms with Gasteiger partial charge in [-0.2, -0.15) is 5.10 Å². The summed E-state index contributed by atoms with van der Waals surface area (Å²) in [5.74, 6) is -1.21. The van der Waals surface area contributed by atoms with Crippen LogP contribution in [0.4, 0.5) is 0 Å². The summed E-state index contributed by atoms with van der Waals surface area (Å²) in [6.07, 6.45) is 3.70. The van der Waals surface area contributed by atoms with Crippen molar-refractivity contribution < 1.29 is 14.7 Å². The molecule has 7 nitrogen and oxygen atoms in total. The van der Waals surface area contributed by atoms with Crippen molar-refractivity contribution >= 4 is 11.9 Å². The molecular weight excluding hydrogens is 260 g/mol. The maximum atomic E-state index is 11.8. The van der Waals surface area contributed by atoms with Gasteiger partial charge in [-0.3, -0.25) is 14.3 Å². The number of nitrogens with zero attached hydrogens (tertiary/aromatic N) is 3. The number of carbonyl (C=O) groups excluding carboxylic acids is 1. The van der Waals surface area contributed by atoms with Gasteiger partial charge in [0.25, 0.3) is 5.91 Å². The SMILES string of the molecule is CCN(CC)CCCNC(=O)c1cnn(CC(=O)O)c1. The van der Waals surface area contributed by atoms with Gasteiger partial charge in [-0.05, 0) is 26.1 Å². The number of carboxylic acid groups (broad SMARTS) is 1. The van der Waals surface area contributed by atoms with Crippen LogP contribution in [0.15, 0.2) is 12.4 Å². The monoisotopic (exact) mass is 282 g/mol. The molecule has 20 heavy (non-hydrogen) atoms. The molecule has 0 aliphatic carbocycles. The molecule has 1 amide bonds. The number of carbonyl (C=O) groups is 2. The van der Waals surface area contributed by atoms with Gasteiger partial charge in [-0.25, -0.2) is 0 Å². The fourth-order valence-electron chi connectivity index (χ4n) is 1.85. The third-order valence-electron chi connectivity index (χ3n) is 3.02. The molecule has 0 saturated heterocycles. The Morgan fingerprint density at radius 3 is 2.70 bits per heavy atom. The molecule has 1 rings (SSSR count). The smallest absolute Gasteiger partial charge is 0.325 e. The number of rotatable bonds is 9. The van der Waals surface area contributed by atoms with Crippen LogP contribution in [0.25, 0.3) is 0 Å². The second-order valence-electron chi connectivity index (χ2n) is 4.46. The molecule has 112 valence electrons. The summed E-state index contributed by atoms with van der Waals surface area (Å²) in [6, 6.07) is 0. The molecule has 0 atom stereocenters. The van der Waals surface area contributed by atoms with Gasteiger partial charge in [0, 0.05) is 12.7 Å². The summed E-state index contributed by atoms with van der Waals surface area (Å²) in [4.78, 5) is 24.6. The molecule has 7 heteroatoms. The summed E-state index contributed by atoms with van der Waals surface area (Å²) in [5.41, 5.74) is 0.383. The minimum Gasteiger partial charge on any atom is -0.480 e. The van der Waals surface area contributed by atoms with Crippen LogP contribution in [0, 0.1) is 0 Å². The van der Waals surface area contributed by atoms with E-state index in [0.717, 1.165) is 26.1 Å². The van der Waals surface area contributed by atoms with Gasteiger partial charge >= 0.3 is 5.97 Å². The van der Waals surface area contributed by atoms with E-state index in [1.165, 1.54) is 17.1 Å². The number of hydrogen-bond acceptors (Lipinski definition) is 4. The van der Waals surface area contributed by atoms with Gasteiger partial charge in [-0.15, -0.1) is 0 Å². The first-order valence-electron chi connectivity index (χ1n) is 6.81. The lowest BCUT2D eigenvalue weighted by molar-refractivity contribution is -0.137. The fourth-order valence-corrected chi connectivity index (χ4v) is 1.85. The molecule has 0 saturated carbocycles. The molecule has 1 aromatic heterocycles. The molecule has 1 aromatic rings. The molecule has 0 aliphatic heterocycles. The van der Waals surface area contributed by atoms with Crippen molar-refractivity contribution in [1.82, 2.24) is 20.0 Å². The predicted molar refractivity (Wildman–Crippen MR) is 74.6 cm³/mol. The third-order valence-corrected chi connectivity index (χ3v) is 3.02. The molecule has 0 spiro atoms. The van der Waals surface area contributed by atoms with Crippen molar-refractivity contribution in [3.63, 3.8) is 0 Å². The highest BCUT2D eigenvalue weighted by atomic mass is 16.4. The van der Waals surface area contributed by atoms with E-state index < -0.39 is 5.97 Å². The van der Waals surface area contributed by atoms with Crippen molar-refractivity contribution in [3.8, 4) is 0 Å². The Hall–Kier alpha value is -1.89. The van der Waals surface area contributed by atoms with Crippen molar-refractivity contribution in [3.05, 3.63) is 18.0 Å². The van der Waals surface area contributed by atoms with Crippen LogP contribution in [0.1, 0.15) is 30.6 Å². The topological polar surface area (TPSA) is 87.5 Å². The number of nitrogens with one attached hydrogen (secondary N) is 1. The number of aromatic nitrogens is 2. The average molecular weight is 282 g/mol. The van der Waals surface area contributed by atoms with Gasteiger partial charge in [0.2, 0.25) is 0 Å². The molecule has 0 fully saturated rings. The zero-order valence-electron chi connectivity index (χ0n) is 12.0. The number of hydrogen-bond donors (Lipinski definition) is 2. The van der Waals surface area contributed by atoms with E-state index in [1.54, 1.807) is 0 Å². The molecule has 0 radical (unpaired) electrons. The average Bonchev–Trinajstić information content (AvgIpc) is 2.86. The Morgan fingerprint density at radius 1 is 1.40 bits per heavy atom.